The minimum Gasteiger partial charge on any atom is -0.394 e. The van der Waals surface area contributed by atoms with Crippen molar-refractivity contribution in [1.82, 2.24) is 39.0 Å². The Balaban J connectivity index is 1.11. The summed E-state index contributed by atoms with van der Waals surface area (Å²) in [7, 11) is 0. The molecule has 4 aromatic rings. The standard InChI is InChI=1S/C20H21F2N10O9PS/c21-5-4(1-33)38-16(31-2-25-6-12(31)27-18(23)29-14(6)35)8(5)40-42(37,43)41-11-10-20(11,22)9(34)17(39-10)32-3-26-7-13(32)28-19(24)30-15(7)36/h2-5,8-11,16-17,33-34H,1H2,(H,37,43)(H3,23,27,29,35)(H3,24,28,30,36)/t4-,5-,8-,9+,10-,11?,16-,17-,20+,42?/m1/s1. The number of nitrogens with two attached hydrogens (primary N) is 2. The highest BCUT2D eigenvalue weighted by Crippen LogP contribution is 2.64. The molecule has 23 heteroatoms. The van der Waals surface area contributed by atoms with Gasteiger partial charge in [-0.2, -0.15) is 9.97 Å². The number of nitrogen functional groups attached to an aromatic ring is 2. The number of anilines is 2. The topological polar surface area (TPSA) is 277 Å². The molecule has 2 unspecified atom stereocenters. The number of halogens is 2. The number of aromatic nitrogens is 8. The summed E-state index contributed by atoms with van der Waals surface area (Å²) >= 11 is 5.05. The summed E-state index contributed by atoms with van der Waals surface area (Å²) in [6.45, 7) is -5.32. The predicted molar refractivity (Wildman–Crippen MR) is 141 cm³/mol. The highest BCUT2D eigenvalue weighted by molar-refractivity contribution is 8.07. The number of aliphatic hydroxyl groups excluding tert-OH is 2. The van der Waals surface area contributed by atoms with Gasteiger partial charge in [0.25, 0.3) is 11.1 Å². The minimum absolute atomic E-state index is 0.0757. The average Bonchev–Trinajstić information content (AvgIpc) is 3.44. The summed E-state index contributed by atoms with van der Waals surface area (Å²) in [6, 6.07) is 0. The van der Waals surface area contributed by atoms with Crippen LogP contribution in [0.15, 0.2) is 22.2 Å². The van der Waals surface area contributed by atoms with Crippen LogP contribution in [0.3, 0.4) is 0 Å². The monoisotopic (exact) mass is 646 g/mol. The lowest BCUT2D eigenvalue weighted by Crippen LogP contribution is -2.35. The summed E-state index contributed by atoms with van der Waals surface area (Å²) in [5.41, 5.74) is 6.76. The molecule has 10 atom stereocenters. The lowest BCUT2D eigenvalue weighted by molar-refractivity contribution is -0.0808. The number of hydrogen-bond donors (Lipinski definition) is 7. The van der Waals surface area contributed by atoms with Crippen LogP contribution in [0.1, 0.15) is 12.5 Å². The SMILES string of the molecule is Nc1nc2c(ncn2[C@@H]2O[C@H](CO)[C@@H](F)[C@H]2OP(O)(=S)OC2[C@H]3O[C@@H](n4cnc5c(=O)[nH]c(N)nc54)[C@H](O)[C@@]23F)c(=O)[nH]1. The van der Waals surface area contributed by atoms with E-state index >= 15 is 8.78 Å². The van der Waals surface area contributed by atoms with Gasteiger partial charge in [0, 0.05) is 0 Å². The van der Waals surface area contributed by atoms with Crippen LogP contribution >= 0.6 is 6.72 Å². The molecule has 1 aliphatic carbocycles. The number of fused-ring (bicyclic) bond motifs is 3. The second kappa shape index (κ2) is 9.51. The maximum absolute atomic E-state index is 15.9. The second-order valence-electron chi connectivity index (χ2n) is 10.0. The van der Waals surface area contributed by atoms with E-state index in [4.69, 9.17) is 41.8 Å². The van der Waals surface area contributed by atoms with E-state index in [9.17, 15) is 24.7 Å². The Morgan fingerprint density at radius 1 is 1.05 bits per heavy atom. The van der Waals surface area contributed by atoms with Crippen molar-refractivity contribution in [3.8, 4) is 0 Å². The van der Waals surface area contributed by atoms with Crippen molar-refractivity contribution < 1.29 is 42.4 Å². The fourth-order valence-corrected chi connectivity index (χ4v) is 7.10. The van der Waals surface area contributed by atoms with Crippen LogP contribution in [0.25, 0.3) is 22.3 Å². The molecule has 0 radical (unpaired) electrons. The number of aromatic amines is 2. The number of aliphatic hydroxyl groups is 2. The quantitative estimate of drug-likeness (QED) is 0.103. The molecule has 0 spiro atoms. The molecular weight excluding hydrogens is 625 g/mol. The van der Waals surface area contributed by atoms with E-state index in [2.05, 4.69) is 29.9 Å². The van der Waals surface area contributed by atoms with Gasteiger partial charge in [0.2, 0.25) is 11.9 Å². The highest BCUT2D eigenvalue weighted by atomic mass is 32.5. The number of nitrogens with zero attached hydrogens (tertiary/aromatic N) is 6. The lowest BCUT2D eigenvalue weighted by Gasteiger charge is -2.27. The van der Waals surface area contributed by atoms with Crippen molar-refractivity contribution in [3.05, 3.63) is 33.4 Å². The smallest absolute Gasteiger partial charge is 0.325 e. The molecule has 0 bridgehead atoms. The normalized spacial score (nSPS) is 35.0. The highest BCUT2D eigenvalue weighted by Gasteiger charge is 2.81. The lowest BCUT2D eigenvalue weighted by atomic mass is 10.1. The maximum Gasteiger partial charge on any atom is 0.325 e. The van der Waals surface area contributed by atoms with Gasteiger partial charge in [0.1, 0.15) is 30.5 Å². The van der Waals surface area contributed by atoms with Gasteiger partial charge < -0.3 is 36.0 Å². The molecule has 1 saturated carbocycles. The number of H-pyrrole nitrogens is 2. The van der Waals surface area contributed by atoms with Crippen LogP contribution in [-0.2, 0) is 30.3 Å². The minimum atomic E-state index is -4.52. The van der Waals surface area contributed by atoms with Gasteiger partial charge in [-0.15, -0.1) is 0 Å². The average molecular weight is 646 g/mol. The van der Waals surface area contributed by atoms with Crippen molar-refractivity contribution in [2.45, 2.75) is 54.8 Å². The second-order valence-corrected chi connectivity index (χ2v) is 12.8. The molecule has 0 aromatic carbocycles. The van der Waals surface area contributed by atoms with Crippen molar-refractivity contribution in [2.24, 2.45) is 0 Å². The van der Waals surface area contributed by atoms with Crippen LogP contribution in [0.4, 0.5) is 20.7 Å². The molecule has 7 rings (SSSR count). The number of hydrogen-bond acceptors (Lipinski definition) is 15. The first kappa shape index (κ1) is 28.3. The predicted octanol–water partition coefficient (Wildman–Crippen LogP) is -2.39. The van der Waals surface area contributed by atoms with Crippen LogP contribution in [0.5, 0.6) is 0 Å². The van der Waals surface area contributed by atoms with E-state index in [1.54, 1.807) is 0 Å². The largest absolute Gasteiger partial charge is 0.394 e. The Morgan fingerprint density at radius 3 is 2.12 bits per heavy atom. The van der Waals surface area contributed by atoms with E-state index in [0.717, 1.165) is 21.8 Å². The molecular formula is C20H21F2N10O9PS. The van der Waals surface area contributed by atoms with Gasteiger partial charge in [-0.1, -0.05) is 0 Å². The summed E-state index contributed by atoms with van der Waals surface area (Å²) in [5.74, 6) is -0.523. The van der Waals surface area contributed by atoms with E-state index < -0.39 is 79.3 Å². The van der Waals surface area contributed by atoms with Crippen molar-refractivity contribution in [3.63, 3.8) is 0 Å². The van der Waals surface area contributed by atoms with Gasteiger partial charge in [-0.3, -0.25) is 37.7 Å². The van der Waals surface area contributed by atoms with Gasteiger partial charge >= 0.3 is 6.72 Å². The van der Waals surface area contributed by atoms with Gasteiger partial charge in [-0.05, 0) is 11.8 Å². The van der Waals surface area contributed by atoms with Gasteiger partial charge in [-0.25, -0.2) is 18.7 Å². The zero-order valence-corrected chi connectivity index (χ0v) is 22.9. The van der Waals surface area contributed by atoms with Crippen LogP contribution < -0.4 is 22.6 Å². The molecule has 43 heavy (non-hydrogen) atoms. The number of ether oxygens (including phenoxy) is 2. The third kappa shape index (κ3) is 4.21. The summed E-state index contributed by atoms with van der Waals surface area (Å²) in [4.78, 5) is 55.4. The molecule has 2 saturated heterocycles. The first-order chi connectivity index (χ1) is 20.3. The maximum atomic E-state index is 15.9. The molecule has 9 N–H and O–H groups in total. The van der Waals surface area contributed by atoms with E-state index in [1.807, 2.05) is 0 Å². The van der Waals surface area contributed by atoms with E-state index in [-0.39, 0.29) is 34.2 Å². The molecule has 3 aliphatic rings. The fraction of sp³-hybridized carbons (Fsp3) is 0.500. The number of alkyl halides is 2. The molecule has 6 heterocycles. The number of nitrogens with one attached hydrogen (secondary N) is 2. The Hall–Kier alpha value is -3.47. The first-order valence-corrected chi connectivity index (χ1v) is 15.0. The number of rotatable bonds is 7. The van der Waals surface area contributed by atoms with Crippen LogP contribution in [-0.4, -0.2) is 103 Å². The molecule has 230 valence electrons. The molecule has 19 nitrogen and oxygen atoms in total. The van der Waals surface area contributed by atoms with Crippen LogP contribution in [0, 0.1) is 0 Å². The Kier molecular flexibility index (Phi) is 6.26. The van der Waals surface area contributed by atoms with Gasteiger partial charge in [0.15, 0.2) is 46.6 Å². The van der Waals surface area contributed by atoms with E-state index in [1.165, 1.54) is 0 Å². The van der Waals surface area contributed by atoms with Crippen molar-refractivity contribution >= 4 is 52.7 Å². The Morgan fingerprint density at radius 2 is 1.60 bits per heavy atom. The van der Waals surface area contributed by atoms with Gasteiger partial charge in [0.05, 0.1) is 19.3 Å². The van der Waals surface area contributed by atoms with Crippen molar-refractivity contribution in [2.75, 3.05) is 18.1 Å². The summed E-state index contributed by atoms with van der Waals surface area (Å²) in [5, 5.41) is 20.4. The third-order valence-electron chi connectivity index (χ3n) is 7.44. The third-order valence-corrected chi connectivity index (χ3v) is 8.96. The molecule has 0 amide bonds. The number of imidazole rings is 2. The summed E-state index contributed by atoms with van der Waals surface area (Å²) < 4.78 is 55.4. The summed E-state index contributed by atoms with van der Waals surface area (Å²) in [6.07, 6.45) is -11.0. The molecule has 4 aromatic heterocycles. The first-order valence-electron chi connectivity index (χ1n) is 12.4. The van der Waals surface area contributed by atoms with Crippen LogP contribution in [0.2, 0.25) is 0 Å². The Bertz CT molecular complexity index is 1940. The molecule has 3 fully saturated rings. The zero-order valence-electron chi connectivity index (χ0n) is 21.2. The van der Waals surface area contributed by atoms with Crippen molar-refractivity contribution in [1.29, 1.82) is 0 Å². The molecule has 2 aliphatic heterocycles. The fourth-order valence-electron chi connectivity index (χ4n) is 5.38. The zero-order chi connectivity index (χ0) is 30.6. The Labute approximate surface area is 240 Å². The van der Waals surface area contributed by atoms with E-state index in [0.29, 0.717) is 0 Å².